The number of aryl methyl sites for hydroxylation is 1. The molecule has 0 unspecified atom stereocenters. The highest BCUT2D eigenvalue weighted by molar-refractivity contribution is 9.10. The summed E-state index contributed by atoms with van der Waals surface area (Å²) in [6, 6.07) is 4.06. The van der Waals surface area contributed by atoms with Gasteiger partial charge in [0.2, 0.25) is 0 Å². The van der Waals surface area contributed by atoms with E-state index < -0.39 is 0 Å². The van der Waals surface area contributed by atoms with E-state index in [1.165, 1.54) is 0 Å². The number of nitrogens with zero attached hydrogens (tertiary/aromatic N) is 3. The number of aromatic nitrogens is 2. The second-order valence-electron chi connectivity index (χ2n) is 4.51. The second-order valence-corrected chi connectivity index (χ2v) is 5.31. The molecule has 0 saturated heterocycles. The van der Waals surface area contributed by atoms with Crippen LogP contribution in [0.3, 0.4) is 0 Å². The predicted molar refractivity (Wildman–Crippen MR) is 81.7 cm³/mol. The van der Waals surface area contributed by atoms with Crippen molar-refractivity contribution in [1.29, 1.82) is 0 Å². The fourth-order valence-corrected chi connectivity index (χ4v) is 2.90. The molecule has 6 heteroatoms. The maximum Gasteiger partial charge on any atom is 0.195 e. The van der Waals surface area contributed by atoms with E-state index in [-0.39, 0.29) is 0 Å². The minimum atomic E-state index is 0.829. The van der Waals surface area contributed by atoms with Crippen molar-refractivity contribution in [3.63, 3.8) is 0 Å². The first-order valence-electron chi connectivity index (χ1n) is 6.48. The lowest BCUT2D eigenvalue weighted by molar-refractivity contribution is 0.696. The van der Waals surface area contributed by atoms with Crippen LogP contribution in [-0.4, -0.2) is 28.6 Å². The van der Waals surface area contributed by atoms with E-state index in [2.05, 4.69) is 48.0 Å². The summed E-state index contributed by atoms with van der Waals surface area (Å²) in [5, 5.41) is 6.52. The van der Waals surface area contributed by atoms with Crippen LogP contribution >= 0.6 is 15.9 Å². The maximum atomic E-state index is 4.43. The Morgan fingerprint density at radius 3 is 3.11 bits per heavy atom. The number of guanidine groups is 1. The van der Waals surface area contributed by atoms with Crippen LogP contribution in [0.4, 0.5) is 5.69 Å². The molecule has 100 valence electrons. The molecule has 19 heavy (non-hydrogen) atoms. The van der Waals surface area contributed by atoms with E-state index in [0.29, 0.717) is 0 Å². The Morgan fingerprint density at radius 1 is 1.47 bits per heavy atom. The number of halogens is 1. The van der Waals surface area contributed by atoms with Gasteiger partial charge in [0.15, 0.2) is 5.96 Å². The topological polar surface area (TPSA) is 54.2 Å². The molecule has 2 aromatic rings. The molecule has 0 spiro atoms. The molecule has 1 aliphatic heterocycles. The number of hydrogen-bond donors (Lipinski definition) is 2. The molecule has 3 rings (SSSR count). The van der Waals surface area contributed by atoms with Gasteiger partial charge in [0, 0.05) is 13.1 Å². The fourth-order valence-electron chi connectivity index (χ4n) is 2.24. The van der Waals surface area contributed by atoms with Crippen LogP contribution in [0.1, 0.15) is 13.3 Å². The van der Waals surface area contributed by atoms with Gasteiger partial charge in [-0.05, 0) is 34.5 Å². The quantitative estimate of drug-likeness (QED) is 0.913. The molecule has 0 amide bonds. The Kier molecular flexibility index (Phi) is 3.42. The molecule has 0 saturated carbocycles. The first-order chi connectivity index (χ1) is 9.29. The molecule has 1 aromatic carbocycles. The SMILES string of the molecule is CCCn1cnc2ccc(NC3=NCCN3)c(Br)c21. The van der Waals surface area contributed by atoms with E-state index in [4.69, 9.17) is 0 Å². The van der Waals surface area contributed by atoms with Crippen LogP contribution in [0.25, 0.3) is 11.0 Å². The lowest BCUT2D eigenvalue weighted by atomic mass is 10.2. The minimum absolute atomic E-state index is 0.829. The molecular formula is C13H16BrN5. The number of rotatable bonds is 3. The van der Waals surface area contributed by atoms with Crippen LogP contribution < -0.4 is 10.6 Å². The number of imidazole rings is 1. The van der Waals surface area contributed by atoms with E-state index >= 15 is 0 Å². The molecule has 1 aliphatic rings. The number of nitrogens with one attached hydrogen (secondary N) is 2. The molecule has 0 bridgehead atoms. The summed E-state index contributed by atoms with van der Waals surface area (Å²) < 4.78 is 3.21. The third-order valence-corrected chi connectivity index (χ3v) is 3.91. The highest BCUT2D eigenvalue weighted by Crippen LogP contribution is 2.31. The molecule has 0 fully saturated rings. The summed E-state index contributed by atoms with van der Waals surface area (Å²) in [5.41, 5.74) is 3.15. The van der Waals surface area contributed by atoms with E-state index in [0.717, 1.165) is 53.2 Å². The van der Waals surface area contributed by atoms with Crippen molar-refractivity contribution in [2.75, 3.05) is 18.4 Å². The van der Waals surface area contributed by atoms with Crippen LogP contribution in [0, 0.1) is 0 Å². The molecule has 0 radical (unpaired) electrons. The number of aliphatic imine (C=N–C) groups is 1. The number of benzene rings is 1. The van der Waals surface area contributed by atoms with Gasteiger partial charge in [-0.3, -0.25) is 4.99 Å². The van der Waals surface area contributed by atoms with E-state index in [1.807, 2.05) is 18.5 Å². The van der Waals surface area contributed by atoms with Crippen LogP contribution in [0.2, 0.25) is 0 Å². The standard InChI is InChI=1S/C13H16BrN5/c1-2-7-19-8-17-10-4-3-9(11(14)12(10)19)18-13-15-5-6-16-13/h3-4,8H,2,5-7H2,1H3,(H2,15,16,18). The van der Waals surface area contributed by atoms with Crippen molar-refractivity contribution < 1.29 is 0 Å². The summed E-state index contributed by atoms with van der Waals surface area (Å²) in [6.07, 6.45) is 2.98. The van der Waals surface area contributed by atoms with Gasteiger partial charge < -0.3 is 15.2 Å². The fraction of sp³-hybridized carbons (Fsp3) is 0.385. The van der Waals surface area contributed by atoms with Crippen molar-refractivity contribution in [2.45, 2.75) is 19.9 Å². The largest absolute Gasteiger partial charge is 0.354 e. The minimum Gasteiger partial charge on any atom is -0.354 e. The van der Waals surface area contributed by atoms with Gasteiger partial charge in [-0.25, -0.2) is 4.98 Å². The molecule has 0 atom stereocenters. The summed E-state index contributed by atoms with van der Waals surface area (Å²) in [4.78, 5) is 8.78. The van der Waals surface area contributed by atoms with E-state index in [9.17, 15) is 0 Å². The van der Waals surface area contributed by atoms with Crippen molar-refractivity contribution in [1.82, 2.24) is 14.9 Å². The smallest absolute Gasteiger partial charge is 0.195 e. The molecule has 2 N–H and O–H groups in total. The average Bonchev–Trinajstić information content (AvgIpc) is 3.03. The van der Waals surface area contributed by atoms with Crippen molar-refractivity contribution >= 4 is 38.6 Å². The Balaban J connectivity index is 2.00. The molecule has 0 aliphatic carbocycles. The van der Waals surface area contributed by atoms with Gasteiger partial charge in [-0.15, -0.1) is 0 Å². The normalized spacial score (nSPS) is 14.5. The first kappa shape index (κ1) is 12.5. The van der Waals surface area contributed by atoms with Crippen LogP contribution in [0.15, 0.2) is 27.9 Å². The highest BCUT2D eigenvalue weighted by atomic mass is 79.9. The average molecular weight is 322 g/mol. The monoisotopic (exact) mass is 321 g/mol. The first-order valence-corrected chi connectivity index (χ1v) is 7.27. The molecule has 5 nitrogen and oxygen atoms in total. The Hall–Kier alpha value is -1.56. The Morgan fingerprint density at radius 2 is 2.37 bits per heavy atom. The summed E-state index contributed by atoms with van der Waals surface area (Å²) >= 11 is 3.68. The van der Waals surface area contributed by atoms with Gasteiger partial charge in [-0.1, -0.05) is 6.92 Å². The summed E-state index contributed by atoms with van der Waals surface area (Å²) in [6.45, 7) is 4.86. The lowest BCUT2D eigenvalue weighted by Gasteiger charge is -2.11. The summed E-state index contributed by atoms with van der Waals surface area (Å²) in [5.74, 6) is 0.835. The Labute approximate surface area is 120 Å². The van der Waals surface area contributed by atoms with Crippen molar-refractivity contribution in [3.8, 4) is 0 Å². The lowest BCUT2D eigenvalue weighted by Crippen LogP contribution is -2.26. The molecule has 2 heterocycles. The number of hydrogen-bond acceptors (Lipinski definition) is 4. The highest BCUT2D eigenvalue weighted by Gasteiger charge is 2.13. The van der Waals surface area contributed by atoms with Gasteiger partial charge in [-0.2, -0.15) is 0 Å². The zero-order valence-electron chi connectivity index (χ0n) is 10.8. The third-order valence-electron chi connectivity index (χ3n) is 3.11. The Bertz CT molecular complexity index is 631. The zero-order valence-corrected chi connectivity index (χ0v) is 12.4. The van der Waals surface area contributed by atoms with Crippen molar-refractivity contribution in [2.24, 2.45) is 4.99 Å². The summed E-state index contributed by atoms with van der Waals surface area (Å²) in [7, 11) is 0. The maximum absolute atomic E-state index is 4.43. The van der Waals surface area contributed by atoms with Gasteiger partial charge in [0.1, 0.15) is 0 Å². The van der Waals surface area contributed by atoms with Crippen LogP contribution in [0.5, 0.6) is 0 Å². The predicted octanol–water partition coefficient (Wildman–Crippen LogP) is 2.58. The van der Waals surface area contributed by atoms with Gasteiger partial charge in [0.05, 0.1) is 34.1 Å². The van der Waals surface area contributed by atoms with Gasteiger partial charge >= 0.3 is 0 Å². The van der Waals surface area contributed by atoms with Crippen LogP contribution in [-0.2, 0) is 6.54 Å². The van der Waals surface area contributed by atoms with E-state index in [1.54, 1.807) is 0 Å². The second kappa shape index (κ2) is 5.21. The zero-order chi connectivity index (χ0) is 13.2. The molecular weight excluding hydrogens is 306 g/mol. The number of fused-ring (bicyclic) bond motifs is 1. The van der Waals surface area contributed by atoms with Gasteiger partial charge in [0.25, 0.3) is 0 Å². The molecule has 1 aromatic heterocycles. The number of anilines is 1. The van der Waals surface area contributed by atoms with Crippen molar-refractivity contribution in [3.05, 3.63) is 22.9 Å². The third kappa shape index (κ3) is 2.32.